The molecule has 1 aliphatic heterocycles. The van der Waals surface area contributed by atoms with Crippen LogP contribution in [0, 0.1) is 0 Å². The van der Waals surface area contributed by atoms with Crippen LogP contribution in [0.25, 0.3) is 0 Å². The zero-order valence-corrected chi connectivity index (χ0v) is 18.5. The van der Waals surface area contributed by atoms with Gasteiger partial charge in [0.15, 0.2) is 5.78 Å². The lowest BCUT2D eigenvalue weighted by molar-refractivity contribution is -0.0305. The van der Waals surface area contributed by atoms with Crippen LogP contribution in [0.5, 0.6) is 0 Å². The van der Waals surface area contributed by atoms with E-state index in [-0.39, 0.29) is 28.1 Å². The van der Waals surface area contributed by atoms with Crippen LogP contribution >= 0.6 is 11.6 Å². The second kappa shape index (κ2) is 8.26. The third kappa shape index (κ3) is 4.92. The van der Waals surface area contributed by atoms with E-state index in [0.29, 0.717) is 10.6 Å². The number of carbonyl (C=O) groups excluding carboxylic acids is 1. The number of hydroxylamine groups is 2. The van der Waals surface area contributed by atoms with Gasteiger partial charge in [-0.2, -0.15) is 0 Å². The van der Waals surface area contributed by atoms with E-state index < -0.39 is 15.8 Å². The van der Waals surface area contributed by atoms with Gasteiger partial charge in [-0.25, -0.2) is 8.42 Å². The van der Waals surface area contributed by atoms with Gasteiger partial charge in [0, 0.05) is 22.4 Å². The quantitative estimate of drug-likeness (QED) is 0.646. The average molecular weight is 447 g/mol. The number of hydrogen-bond donors (Lipinski definition) is 2. The average Bonchev–Trinajstić information content (AvgIpc) is 2.69. The van der Waals surface area contributed by atoms with Crippen LogP contribution in [0.4, 0.5) is 5.69 Å². The molecule has 8 heteroatoms. The lowest BCUT2D eigenvalue weighted by Gasteiger charge is -2.19. The molecule has 1 aliphatic rings. The molecule has 0 saturated heterocycles. The van der Waals surface area contributed by atoms with Crippen molar-refractivity contribution >= 4 is 33.1 Å². The minimum atomic E-state index is -3.91. The smallest absolute Gasteiger partial charge is 0.261 e. The Bertz CT molecular complexity index is 1130. The minimum absolute atomic E-state index is 0.0940. The number of hydrogen-bond acceptors (Lipinski definition) is 5. The van der Waals surface area contributed by atoms with E-state index in [4.69, 9.17) is 11.6 Å². The van der Waals surface area contributed by atoms with Crippen LogP contribution in [0.3, 0.4) is 0 Å². The number of sulfonamides is 1. The number of allylic oxidation sites excluding steroid dienone is 2. The summed E-state index contributed by atoms with van der Waals surface area (Å²) in [6, 6.07) is 11.0. The van der Waals surface area contributed by atoms with Crippen LogP contribution < -0.4 is 4.72 Å². The molecule has 0 bridgehead atoms. The number of carbonyl (C=O) groups is 1. The number of nitrogens with one attached hydrogen (secondary N) is 1. The molecule has 1 heterocycles. The molecule has 0 unspecified atom stereocenters. The topological polar surface area (TPSA) is 86.7 Å². The normalized spacial score (nSPS) is 14.4. The van der Waals surface area contributed by atoms with E-state index >= 15 is 0 Å². The molecule has 0 aromatic heterocycles. The minimum Gasteiger partial charge on any atom is -0.289 e. The molecule has 6 nitrogen and oxygen atoms in total. The molecule has 3 rings (SSSR count). The monoisotopic (exact) mass is 446 g/mol. The molecule has 158 valence electrons. The SMILES string of the molecule is CC(C)(C)c1ccc(S(=O)(=O)Nc2ccc(Cl)cc2C(=O)C2=CCN(O)C=C2)cc1. The Morgan fingerprint density at radius 2 is 1.80 bits per heavy atom. The number of anilines is 1. The van der Waals surface area contributed by atoms with Gasteiger partial charge in [0.25, 0.3) is 10.0 Å². The van der Waals surface area contributed by atoms with Gasteiger partial charge in [-0.05, 0) is 47.4 Å². The summed E-state index contributed by atoms with van der Waals surface area (Å²) in [6.07, 6.45) is 4.36. The number of rotatable bonds is 5. The highest BCUT2D eigenvalue weighted by atomic mass is 35.5. The predicted molar refractivity (Wildman–Crippen MR) is 117 cm³/mol. The van der Waals surface area contributed by atoms with Gasteiger partial charge in [0.2, 0.25) is 0 Å². The maximum atomic E-state index is 12.9. The lowest BCUT2D eigenvalue weighted by Crippen LogP contribution is -2.19. The number of nitrogens with zero attached hydrogens (tertiary/aromatic N) is 1. The van der Waals surface area contributed by atoms with E-state index in [9.17, 15) is 18.4 Å². The van der Waals surface area contributed by atoms with E-state index in [0.717, 1.165) is 10.6 Å². The predicted octanol–water partition coefficient (Wildman–Crippen LogP) is 4.77. The lowest BCUT2D eigenvalue weighted by atomic mass is 9.87. The summed E-state index contributed by atoms with van der Waals surface area (Å²) in [5, 5.41) is 10.6. The Kier molecular flexibility index (Phi) is 6.08. The van der Waals surface area contributed by atoms with E-state index in [1.807, 2.05) is 20.8 Å². The summed E-state index contributed by atoms with van der Waals surface area (Å²) in [6.45, 7) is 6.29. The molecule has 0 aliphatic carbocycles. The summed E-state index contributed by atoms with van der Waals surface area (Å²) < 4.78 is 28.3. The molecule has 2 N–H and O–H groups in total. The summed E-state index contributed by atoms with van der Waals surface area (Å²) in [5.41, 5.74) is 1.50. The van der Waals surface area contributed by atoms with Crippen LogP contribution in [0.1, 0.15) is 36.7 Å². The number of Topliss-reactive ketones (excluding diaryl/α,β-unsaturated/α-hetero) is 1. The van der Waals surface area contributed by atoms with Gasteiger partial charge in [0.05, 0.1) is 17.1 Å². The second-order valence-electron chi connectivity index (χ2n) is 8.00. The molecular weight excluding hydrogens is 424 g/mol. The fourth-order valence-electron chi connectivity index (χ4n) is 2.94. The largest absolute Gasteiger partial charge is 0.289 e. The molecular formula is C22H23ClN2O4S. The highest BCUT2D eigenvalue weighted by Gasteiger charge is 2.22. The maximum absolute atomic E-state index is 12.9. The Labute approximate surface area is 181 Å². The Morgan fingerprint density at radius 3 is 2.37 bits per heavy atom. The fraction of sp³-hybridized carbons (Fsp3) is 0.227. The van der Waals surface area contributed by atoms with Crippen LogP contribution in [0.15, 0.2) is 71.3 Å². The van der Waals surface area contributed by atoms with Crippen molar-refractivity contribution in [3.05, 3.63) is 82.5 Å². The van der Waals surface area contributed by atoms with Crippen LogP contribution in [0.2, 0.25) is 5.02 Å². The highest BCUT2D eigenvalue weighted by molar-refractivity contribution is 7.92. The first-order chi connectivity index (χ1) is 14.0. The Morgan fingerprint density at radius 1 is 1.13 bits per heavy atom. The Hall–Kier alpha value is -2.61. The molecule has 2 aromatic rings. The number of halogens is 1. The summed E-state index contributed by atoms with van der Waals surface area (Å²) in [7, 11) is -3.91. The van der Waals surface area contributed by atoms with Crippen molar-refractivity contribution in [1.82, 2.24) is 5.06 Å². The molecule has 0 radical (unpaired) electrons. The second-order valence-corrected chi connectivity index (χ2v) is 10.1. The molecule has 0 amide bonds. The number of ketones is 1. The first-order valence-corrected chi connectivity index (χ1v) is 11.1. The molecule has 0 fully saturated rings. The number of benzene rings is 2. The first kappa shape index (κ1) is 22.1. The summed E-state index contributed by atoms with van der Waals surface area (Å²) >= 11 is 6.06. The highest BCUT2D eigenvalue weighted by Crippen LogP contribution is 2.28. The summed E-state index contributed by atoms with van der Waals surface area (Å²) in [5.74, 6) is -0.400. The third-order valence-electron chi connectivity index (χ3n) is 4.69. The van der Waals surface area contributed by atoms with Crippen molar-refractivity contribution in [2.45, 2.75) is 31.1 Å². The van der Waals surface area contributed by atoms with Crippen molar-refractivity contribution < 1.29 is 18.4 Å². The zero-order valence-electron chi connectivity index (χ0n) is 16.9. The first-order valence-electron chi connectivity index (χ1n) is 9.29. The molecule has 2 aromatic carbocycles. The maximum Gasteiger partial charge on any atom is 0.261 e. The van der Waals surface area contributed by atoms with Crippen molar-refractivity contribution in [1.29, 1.82) is 0 Å². The van der Waals surface area contributed by atoms with Gasteiger partial charge in [0.1, 0.15) is 0 Å². The molecule has 0 spiro atoms. The van der Waals surface area contributed by atoms with Crippen LogP contribution in [-0.4, -0.2) is 31.0 Å². The van der Waals surface area contributed by atoms with E-state index in [1.165, 1.54) is 30.5 Å². The van der Waals surface area contributed by atoms with E-state index in [2.05, 4.69) is 4.72 Å². The molecule has 0 atom stereocenters. The van der Waals surface area contributed by atoms with Crippen molar-refractivity contribution in [2.75, 3.05) is 11.3 Å². The third-order valence-corrected chi connectivity index (χ3v) is 6.30. The van der Waals surface area contributed by atoms with Crippen molar-refractivity contribution in [3.8, 4) is 0 Å². The van der Waals surface area contributed by atoms with Crippen LogP contribution in [-0.2, 0) is 15.4 Å². The Balaban J connectivity index is 1.93. The zero-order chi connectivity index (χ0) is 22.1. The fourth-order valence-corrected chi connectivity index (χ4v) is 4.19. The molecule has 0 saturated carbocycles. The summed E-state index contributed by atoms with van der Waals surface area (Å²) in [4.78, 5) is 13.0. The van der Waals surface area contributed by atoms with Crippen molar-refractivity contribution in [2.24, 2.45) is 0 Å². The standard InChI is InChI=1S/C22H23ClN2O4S/c1-22(2,3)16-4-7-18(8-5-16)30(28,29)24-20-9-6-17(23)14-19(20)21(26)15-10-12-25(27)13-11-15/h4-12,14,24,27H,13H2,1-3H3. The van der Waals surface area contributed by atoms with Gasteiger partial charge < -0.3 is 0 Å². The molecule has 30 heavy (non-hydrogen) atoms. The van der Waals surface area contributed by atoms with Crippen molar-refractivity contribution in [3.63, 3.8) is 0 Å². The van der Waals surface area contributed by atoms with Gasteiger partial charge in [-0.3, -0.25) is 19.8 Å². The van der Waals surface area contributed by atoms with E-state index in [1.54, 1.807) is 30.3 Å². The van der Waals surface area contributed by atoms with Gasteiger partial charge >= 0.3 is 0 Å². The van der Waals surface area contributed by atoms with Gasteiger partial charge in [-0.1, -0.05) is 50.6 Å². The van der Waals surface area contributed by atoms with Gasteiger partial charge in [-0.15, -0.1) is 0 Å².